The van der Waals surface area contributed by atoms with Gasteiger partial charge in [-0.25, -0.2) is 4.98 Å². The lowest BCUT2D eigenvalue weighted by atomic mass is 10.2. The molecule has 2 aromatic heterocycles. The smallest absolute Gasteiger partial charge is 0.275 e. The first-order chi connectivity index (χ1) is 16.9. The number of carbonyl (C=O) groups excluding carboxylic acids is 1. The molecule has 0 atom stereocenters. The third kappa shape index (κ3) is 5.53. The molecule has 1 fully saturated rings. The van der Waals surface area contributed by atoms with Crippen molar-refractivity contribution in [2.75, 3.05) is 32.8 Å². The van der Waals surface area contributed by atoms with Gasteiger partial charge in [-0.1, -0.05) is 52.8 Å². The van der Waals surface area contributed by atoms with Gasteiger partial charge < -0.3 is 9.64 Å². The Kier molecular flexibility index (Phi) is 6.81. The van der Waals surface area contributed by atoms with E-state index in [1.165, 1.54) is 21.4 Å². The lowest BCUT2D eigenvalue weighted by molar-refractivity contribution is -0.135. The largest absolute Gasteiger partial charge is 0.484 e. The zero-order valence-electron chi connectivity index (χ0n) is 19.2. The number of nitrogens with zero attached hydrogens (tertiary/aromatic N) is 5. The monoisotopic (exact) mass is 509 g/mol. The summed E-state index contributed by atoms with van der Waals surface area (Å²) in [4.78, 5) is 34.5. The molecule has 10 heteroatoms. The first-order valence-electron chi connectivity index (χ1n) is 11.3. The van der Waals surface area contributed by atoms with Gasteiger partial charge >= 0.3 is 0 Å². The van der Waals surface area contributed by atoms with Gasteiger partial charge in [0.25, 0.3) is 11.5 Å². The fourth-order valence-electron chi connectivity index (χ4n) is 3.90. The summed E-state index contributed by atoms with van der Waals surface area (Å²) in [6.07, 6.45) is 0. The van der Waals surface area contributed by atoms with E-state index < -0.39 is 0 Å². The predicted molar refractivity (Wildman–Crippen MR) is 136 cm³/mol. The number of fused-ring (bicyclic) bond motifs is 1. The average Bonchev–Trinajstić information content (AvgIpc) is 3.29. The minimum absolute atomic E-state index is 0.00862. The summed E-state index contributed by atoms with van der Waals surface area (Å²) in [5, 5.41) is 5.84. The van der Waals surface area contributed by atoms with Gasteiger partial charge in [0.15, 0.2) is 6.61 Å². The normalized spacial score (nSPS) is 14.4. The average molecular weight is 510 g/mol. The Morgan fingerprint density at radius 1 is 1.06 bits per heavy atom. The zero-order valence-corrected chi connectivity index (χ0v) is 20.8. The summed E-state index contributed by atoms with van der Waals surface area (Å²) in [6, 6.07) is 16.5. The predicted octanol–water partition coefficient (Wildman–Crippen LogP) is 3.50. The van der Waals surface area contributed by atoms with Crippen LogP contribution in [0, 0.1) is 6.92 Å². The molecule has 4 aromatic rings. The van der Waals surface area contributed by atoms with Crippen molar-refractivity contribution in [3.8, 4) is 16.3 Å². The second-order valence-electron chi connectivity index (χ2n) is 8.45. The highest BCUT2D eigenvalue weighted by molar-refractivity contribution is 7.19. The molecule has 5 rings (SSSR count). The maximum Gasteiger partial charge on any atom is 0.275 e. The van der Waals surface area contributed by atoms with Gasteiger partial charge in [-0.2, -0.15) is 9.61 Å². The van der Waals surface area contributed by atoms with Gasteiger partial charge in [0, 0.05) is 49.4 Å². The summed E-state index contributed by atoms with van der Waals surface area (Å²) in [5.74, 6) is 0.563. The number of halogens is 1. The van der Waals surface area contributed by atoms with Crippen LogP contribution in [0.3, 0.4) is 0 Å². The molecule has 3 heterocycles. The topological polar surface area (TPSA) is 80.0 Å². The molecule has 0 spiro atoms. The minimum atomic E-state index is -0.187. The number of hydrogen-bond donors (Lipinski definition) is 0. The number of rotatable bonds is 6. The number of ether oxygens (including phenoxy) is 1. The van der Waals surface area contributed by atoms with Crippen molar-refractivity contribution in [1.82, 2.24) is 24.4 Å². The Morgan fingerprint density at radius 3 is 2.49 bits per heavy atom. The van der Waals surface area contributed by atoms with Gasteiger partial charge in [-0.3, -0.25) is 14.5 Å². The molecule has 1 amide bonds. The highest BCUT2D eigenvalue weighted by atomic mass is 35.5. The number of aromatic nitrogens is 3. The highest BCUT2D eigenvalue weighted by Gasteiger charge is 2.22. The van der Waals surface area contributed by atoms with Gasteiger partial charge in [0.2, 0.25) is 4.96 Å². The summed E-state index contributed by atoms with van der Waals surface area (Å²) in [7, 11) is 0. The van der Waals surface area contributed by atoms with E-state index in [4.69, 9.17) is 16.3 Å². The van der Waals surface area contributed by atoms with Gasteiger partial charge in [0.1, 0.15) is 10.8 Å². The molecule has 1 saturated heterocycles. The first-order valence-corrected chi connectivity index (χ1v) is 12.5. The van der Waals surface area contributed by atoms with E-state index in [1.807, 2.05) is 31.2 Å². The van der Waals surface area contributed by atoms with E-state index in [0.717, 1.165) is 10.6 Å². The number of amides is 1. The Balaban J connectivity index is 1.18. The Morgan fingerprint density at radius 2 is 1.77 bits per heavy atom. The molecule has 8 nitrogen and oxygen atoms in total. The molecule has 0 radical (unpaired) electrons. The third-order valence-electron chi connectivity index (χ3n) is 5.88. The SMILES string of the molecule is Cc1ccc(-c2nn3c(=O)cc(CN4CCN(C(=O)COc5ccc(Cl)cc5)CC4)nc3s2)cc1. The van der Waals surface area contributed by atoms with Crippen LogP contribution in [0.1, 0.15) is 11.3 Å². The second kappa shape index (κ2) is 10.2. The lowest BCUT2D eigenvalue weighted by Crippen LogP contribution is -2.49. The van der Waals surface area contributed by atoms with Crippen LogP contribution < -0.4 is 10.3 Å². The third-order valence-corrected chi connectivity index (χ3v) is 7.09. The molecule has 1 aliphatic rings. The van der Waals surface area contributed by atoms with Crippen molar-refractivity contribution >= 4 is 33.8 Å². The van der Waals surface area contributed by atoms with Crippen LogP contribution in [0.2, 0.25) is 5.02 Å². The van der Waals surface area contributed by atoms with E-state index in [1.54, 1.807) is 35.2 Å². The summed E-state index contributed by atoms with van der Waals surface area (Å²) < 4.78 is 6.94. The lowest BCUT2D eigenvalue weighted by Gasteiger charge is -2.34. The molecule has 0 aliphatic carbocycles. The summed E-state index contributed by atoms with van der Waals surface area (Å²) in [6.45, 7) is 5.17. The van der Waals surface area contributed by atoms with Crippen LogP contribution in [-0.4, -0.2) is 63.1 Å². The maximum absolute atomic E-state index is 12.7. The molecular weight excluding hydrogens is 486 g/mol. The van der Waals surface area contributed by atoms with Crippen LogP contribution in [-0.2, 0) is 11.3 Å². The number of benzene rings is 2. The van der Waals surface area contributed by atoms with Crippen LogP contribution in [0.5, 0.6) is 5.75 Å². The van der Waals surface area contributed by atoms with Crippen LogP contribution in [0.15, 0.2) is 59.4 Å². The fraction of sp³-hybridized carbons (Fsp3) is 0.280. The van der Waals surface area contributed by atoms with E-state index in [0.29, 0.717) is 54.2 Å². The summed E-state index contributed by atoms with van der Waals surface area (Å²) >= 11 is 7.28. The van der Waals surface area contributed by atoms with Crippen molar-refractivity contribution in [3.63, 3.8) is 0 Å². The molecule has 1 aliphatic heterocycles. The second-order valence-corrected chi connectivity index (χ2v) is 9.85. The van der Waals surface area contributed by atoms with E-state index in [-0.39, 0.29) is 18.1 Å². The Bertz CT molecular complexity index is 1390. The molecule has 0 saturated carbocycles. The van der Waals surface area contributed by atoms with Crippen molar-refractivity contribution < 1.29 is 9.53 Å². The molecule has 180 valence electrons. The van der Waals surface area contributed by atoms with E-state index in [2.05, 4.69) is 15.0 Å². The van der Waals surface area contributed by atoms with Crippen LogP contribution in [0.4, 0.5) is 0 Å². The molecule has 0 N–H and O–H groups in total. The van der Waals surface area contributed by atoms with Crippen molar-refractivity contribution in [1.29, 1.82) is 0 Å². The standard InChI is InChI=1S/C25H24ClN5O3S/c1-17-2-4-18(5-3-17)24-28-31-22(32)14-20(27-25(31)35-24)15-29-10-12-30(13-11-29)23(33)16-34-21-8-6-19(26)7-9-21/h2-9,14H,10-13,15-16H2,1H3. The number of aryl methyl sites for hydroxylation is 1. The molecule has 0 bridgehead atoms. The molecule has 2 aromatic carbocycles. The molecule has 35 heavy (non-hydrogen) atoms. The quantitative estimate of drug-likeness (QED) is 0.396. The number of hydrogen-bond acceptors (Lipinski definition) is 7. The Labute approximate surface area is 211 Å². The Hall–Kier alpha value is -3.27. The molecule has 0 unspecified atom stereocenters. The van der Waals surface area contributed by atoms with Crippen molar-refractivity contribution in [2.24, 2.45) is 0 Å². The number of piperazine rings is 1. The van der Waals surface area contributed by atoms with Crippen LogP contribution in [0.25, 0.3) is 15.5 Å². The summed E-state index contributed by atoms with van der Waals surface area (Å²) in [5.41, 5.74) is 2.66. The van der Waals surface area contributed by atoms with E-state index in [9.17, 15) is 9.59 Å². The van der Waals surface area contributed by atoms with Crippen molar-refractivity contribution in [2.45, 2.75) is 13.5 Å². The first kappa shape index (κ1) is 23.5. The van der Waals surface area contributed by atoms with Gasteiger partial charge in [-0.15, -0.1) is 0 Å². The number of carbonyl (C=O) groups is 1. The van der Waals surface area contributed by atoms with Gasteiger partial charge in [-0.05, 0) is 31.2 Å². The van der Waals surface area contributed by atoms with Crippen LogP contribution >= 0.6 is 22.9 Å². The van der Waals surface area contributed by atoms with Crippen molar-refractivity contribution in [3.05, 3.63) is 81.2 Å². The minimum Gasteiger partial charge on any atom is -0.484 e. The highest BCUT2D eigenvalue weighted by Crippen LogP contribution is 2.24. The molecular formula is C25H24ClN5O3S. The maximum atomic E-state index is 12.7. The fourth-order valence-corrected chi connectivity index (χ4v) is 4.96. The zero-order chi connectivity index (χ0) is 24.4. The van der Waals surface area contributed by atoms with Gasteiger partial charge in [0.05, 0.1) is 5.69 Å². The van der Waals surface area contributed by atoms with E-state index >= 15 is 0 Å².